The van der Waals surface area contributed by atoms with Crippen molar-refractivity contribution in [2.75, 3.05) is 0 Å². The summed E-state index contributed by atoms with van der Waals surface area (Å²) < 4.78 is 36.5. The zero-order valence-electron chi connectivity index (χ0n) is 9.21. The number of hydrogen-bond acceptors (Lipinski definition) is 2. The number of carbonyl (C=O) groups is 1. The highest BCUT2D eigenvalue weighted by molar-refractivity contribution is 6.06. The van der Waals surface area contributed by atoms with E-state index in [1.54, 1.807) is 0 Å². The fourth-order valence-electron chi connectivity index (χ4n) is 1.77. The normalized spacial score (nSPS) is 11.9. The zero-order chi connectivity index (χ0) is 13.3. The van der Waals surface area contributed by atoms with E-state index in [1.807, 2.05) is 0 Å². The molecular weight excluding hydrogens is 247 g/mol. The third-order valence-electron chi connectivity index (χ3n) is 2.62. The fourth-order valence-corrected chi connectivity index (χ4v) is 1.77. The summed E-state index contributed by atoms with van der Waals surface area (Å²) in [5, 5.41) is 0.446. The Bertz CT molecular complexity index is 589. The van der Waals surface area contributed by atoms with Gasteiger partial charge >= 0.3 is 6.18 Å². The van der Waals surface area contributed by atoms with Gasteiger partial charge in [0.05, 0.1) is 11.1 Å². The molecule has 0 saturated heterocycles. The second-order valence-electron chi connectivity index (χ2n) is 3.90. The molecule has 1 amide bonds. The molecule has 4 nitrogen and oxygen atoms in total. The predicted molar refractivity (Wildman–Crippen MR) is 59.0 cm³/mol. The molecule has 2 heterocycles. The van der Waals surface area contributed by atoms with E-state index in [-0.39, 0.29) is 12.0 Å². The maximum absolute atomic E-state index is 12.2. The van der Waals surface area contributed by atoms with Gasteiger partial charge in [0.2, 0.25) is 0 Å². The topological polar surface area (TPSA) is 71.8 Å². The number of hydrogen-bond donors (Lipinski definition) is 2. The maximum atomic E-state index is 12.2. The molecule has 0 fully saturated rings. The van der Waals surface area contributed by atoms with Gasteiger partial charge in [0, 0.05) is 30.4 Å². The number of H-pyrrole nitrogens is 1. The van der Waals surface area contributed by atoms with Gasteiger partial charge in [0.15, 0.2) is 0 Å². The van der Waals surface area contributed by atoms with Gasteiger partial charge in [-0.3, -0.25) is 9.78 Å². The number of aryl methyl sites for hydroxylation is 1. The fraction of sp³-hybridized carbons (Fsp3) is 0.273. The molecule has 0 bridgehead atoms. The lowest BCUT2D eigenvalue weighted by Crippen LogP contribution is -2.10. The van der Waals surface area contributed by atoms with Crippen LogP contribution in [0.2, 0.25) is 0 Å². The van der Waals surface area contributed by atoms with Crippen LogP contribution in [-0.4, -0.2) is 22.1 Å². The number of fused-ring (bicyclic) bond motifs is 1. The van der Waals surface area contributed by atoms with Crippen molar-refractivity contribution in [1.82, 2.24) is 9.97 Å². The average Bonchev–Trinajstić information content (AvgIpc) is 2.69. The van der Waals surface area contributed by atoms with Crippen LogP contribution >= 0.6 is 0 Å². The molecule has 3 N–H and O–H groups in total. The van der Waals surface area contributed by atoms with Gasteiger partial charge in [0.25, 0.3) is 5.91 Å². The van der Waals surface area contributed by atoms with E-state index < -0.39 is 18.5 Å². The molecular formula is C11H10F3N3O. The first kappa shape index (κ1) is 12.4. The number of nitrogens with two attached hydrogens (primary N) is 1. The van der Waals surface area contributed by atoms with Crippen LogP contribution in [-0.2, 0) is 6.42 Å². The number of rotatable bonds is 3. The first-order valence-corrected chi connectivity index (χ1v) is 5.19. The van der Waals surface area contributed by atoms with Crippen LogP contribution in [0.15, 0.2) is 18.6 Å². The maximum Gasteiger partial charge on any atom is 0.389 e. The summed E-state index contributed by atoms with van der Waals surface area (Å²) >= 11 is 0. The van der Waals surface area contributed by atoms with Crippen molar-refractivity contribution in [3.63, 3.8) is 0 Å². The third-order valence-corrected chi connectivity index (χ3v) is 2.62. The van der Waals surface area contributed by atoms with Crippen molar-refractivity contribution < 1.29 is 18.0 Å². The van der Waals surface area contributed by atoms with E-state index >= 15 is 0 Å². The SMILES string of the molecule is NC(=O)c1c[nH]c2c(CCC(F)(F)F)cncc12. The first-order valence-electron chi connectivity index (χ1n) is 5.19. The van der Waals surface area contributed by atoms with E-state index in [9.17, 15) is 18.0 Å². The molecule has 0 radical (unpaired) electrons. The standard InChI is InChI=1S/C11H10F3N3O/c12-11(13,14)2-1-6-3-16-4-7-8(10(15)18)5-17-9(6)7/h3-5,17H,1-2H2,(H2,15,18). The lowest BCUT2D eigenvalue weighted by molar-refractivity contribution is -0.133. The van der Waals surface area contributed by atoms with Crippen LogP contribution in [0.3, 0.4) is 0 Å². The summed E-state index contributed by atoms with van der Waals surface area (Å²) in [5.74, 6) is -0.643. The van der Waals surface area contributed by atoms with Gasteiger partial charge in [0.1, 0.15) is 0 Å². The van der Waals surface area contributed by atoms with Gasteiger partial charge < -0.3 is 10.7 Å². The summed E-state index contributed by atoms with van der Waals surface area (Å²) in [4.78, 5) is 17.7. The summed E-state index contributed by atoms with van der Waals surface area (Å²) in [6, 6.07) is 0. The van der Waals surface area contributed by atoms with Crippen molar-refractivity contribution in [1.29, 1.82) is 0 Å². The number of aromatic amines is 1. The van der Waals surface area contributed by atoms with Crippen LogP contribution in [0.4, 0.5) is 13.2 Å². The Balaban J connectivity index is 2.38. The number of nitrogens with one attached hydrogen (secondary N) is 1. The van der Waals surface area contributed by atoms with Crippen molar-refractivity contribution in [3.8, 4) is 0 Å². The Kier molecular flexibility index (Phi) is 2.98. The number of primary amides is 1. The molecule has 2 aromatic heterocycles. The van der Waals surface area contributed by atoms with Crippen LogP contribution in [0.5, 0.6) is 0 Å². The lowest BCUT2D eigenvalue weighted by Gasteiger charge is -2.06. The van der Waals surface area contributed by atoms with Gasteiger partial charge in [-0.25, -0.2) is 0 Å². The number of amides is 1. The number of halogens is 3. The monoisotopic (exact) mass is 257 g/mol. The zero-order valence-corrected chi connectivity index (χ0v) is 9.21. The van der Waals surface area contributed by atoms with Gasteiger partial charge in [-0.05, 0) is 12.0 Å². The Morgan fingerprint density at radius 2 is 2.11 bits per heavy atom. The molecule has 0 saturated carbocycles. The molecule has 0 aliphatic heterocycles. The van der Waals surface area contributed by atoms with Crippen LogP contribution < -0.4 is 5.73 Å². The highest BCUT2D eigenvalue weighted by atomic mass is 19.4. The second-order valence-corrected chi connectivity index (χ2v) is 3.90. The molecule has 0 aliphatic carbocycles. The largest absolute Gasteiger partial charge is 0.389 e. The minimum Gasteiger partial charge on any atom is -0.366 e. The summed E-state index contributed by atoms with van der Waals surface area (Å²) in [5.41, 5.74) is 6.27. The Morgan fingerprint density at radius 3 is 2.72 bits per heavy atom. The second kappa shape index (κ2) is 4.32. The van der Waals surface area contributed by atoms with E-state index in [0.29, 0.717) is 16.5 Å². The minimum absolute atomic E-state index is 0.188. The first-order chi connectivity index (χ1) is 8.38. The molecule has 0 spiro atoms. The van der Waals surface area contributed by atoms with E-state index in [4.69, 9.17) is 5.73 Å². The summed E-state index contributed by atoms with van der Waals surface area (Å²) in [6.45, 7) is 0. The molecule has 0 atom stereocenters. The Hall–Kier alpha value is -2.05. The van der Waals surface area contributed by atoms with Gasteiger partial charge in [-0.15, -0.1) is 0 Å². The van der Waals surface area contributed by atoms with Gasteiger partial charge in [-0.1, -0.05) is 0 Å². The highest BCUT2D eigenvalue weighted by Gasteiger charge is 2.27. The lowest BCUT2D eigenvalue weighted by atomic mass is 10.1. The molecule has 7 heteroatoms. The highest BCUT2D eigenvalue weighted by Crippen LogP contribution is 2.26. The van der Waals surface area contributed by atoms with Crippen molar-refractivity contribution in [2.24, 2.45) is 5.73 Å². The molecule has 18 heavy (non-hydrogen) atoms. The number of nitrogens with zero attached hydrogens (tertiary/aromatic N) is 1. The third kappa shape index (κ3) is 2.44. The summed E-state index contributed by atoms with van der Waals surface area (Å²) in [7, 11) is 0. The predicted octanol–water partition coefficient (Wildman–Crippen LogP) is 2.16. The molecule has 96 valence electrons. The minimum atomic E-state index is -4.22. The van der Waals surface area contributed by atoms with Crippen molar-refractivity contribution in [3.05, 3.63) is 29.7 Å². The van der Waals surface area contributed by atoms with E-state index in [2.05, 4.69) is 9.97 Å². The number of pyridine rings is 1. The number of aromatic nitrogens is 2. The molecule has 2 aromatic rings. The quantitative estimate of drug-likeness (QED) is 0.884. The van der Waals surface area contributed by atoms with Crippen LogP contribution in [0.1, 0.15) is 22.3 Å². The van der Waals surface area contributed by atoms with Crippen LogP contribution in [0.25, 0.3) is 10.9 Å². The van der Waals surface area contributed by atoms with Gasteiger partial charge in [-0.2, -0.15) is 13.2 Å². The van der Waals surface area contributed by atoms with E-state index in [0.717, 1.165) is 0 Å². The van der Waals surface area contributed by atoms with E-state index in [1.165, 1.54) is 18.6 Å². The molecule has 0 aliphatic rings. The van der Waals surface area contributed by atoms with Crippen molar-refractivity contribution >= 4 is 16.8 Å². The Morgan fingerprint density at radius 1 is 1.39 bits per heavy atom. The summed E-state index contributed by atoms with van der Waals surface area (Å²) in [6.07, 6.45) is -1.20. The molecule has 2 rings (SSSR count). The molecule has 0 unspecified atom stereocenters. The molecule has 0 aromatic carbocycles. The van der Waals surface area contributed by atoms with Crippen molar-refractivity contribution in [2.45, 2.75) is 19.0 Å². The van der Waals surface area contributed by atoms with Crippen LogP contribution in [0, 0.1) is 0 Å². The Labute approximate surface area is 100.0 Å². The number of alkyl halides is 3. The smallest absolute Gasteiger partial charge is 0.366 e. The average molecular weight is 257 g/mol. The number of carbonyl (C=O) groups excluding carboxylic acids is 1.